The maximum atomic E-state index is 12.7. The third-order valence-electron chi connectivity index (χ3n) is 5.59. The van der Waals surface area contributed by atoms with Gasteiger partial charge < -0.3 is 15.0 Å². The fourth-order valence-corrected chi connectivity index (χ4v) is 3.68. The minimum atomic E-state index is -0.180. The number of para-hydroxylation sites is 1. The van der Waals surface area contributed by atoms with Crippen LogP contribution in [0.2, 0.25) is 0 Å². The molecule has 1 saturated heterocycles. The average Bonchev–Trinajstić information content (AvgIpc) is 2.76. The van der Waals surface area contributed by atoms with Crippen molar-refractivity contribution in [3.63, 3.8) is 0 Å². The number of ether oxygens (including phenoxy) is 1. The summed E-state index contributed by atoms with van der Waals surface area (Å²) in [6, 6.07) is 9.62. The maximum Gasteiger partial charge on any atom is 0.237 e. The van der Waals surface area contributed by atoms with Crippen molar-refractivity contribution in [2.75, 3.05) is 38.2 Å². The van der Waals surface area contributed by atoms with Crippen molar-refractivity contribution in [3.05, 3.63) is 47.4 Å². The van der Waals surface area contributed by atoms with E-state index in [9.17, 15) is 4.79 Å². The lowest BCUT2D eigenvalue weighted by Gasteiger charge is -2.38. The van der Waals surface area contributed by atoms with Gasteiger partial charge in [-0.05, 0) is 19.9 Å². The van der Waals surface area contributed by atoms with Crippen molar-refractivity contribution in [2.45, 2.75) is 46.2 Å². The molecule has 162 valence electrons. The molecule has 1 atom stereocenters. The molecular weight excluding hydrogens is 378 g/mol. The second-order valence-corrected chi connectivity index (χ2v) is 8.11. The quantitative estimate of drug-likeness (QED) is 0.756. The van der Waals surface area contributed by atoms with Crippen LogP contribution in [-0.2, 0) is 11.3 Å². The number of nitrogens with one attached hydrogen (secondary N) is 1. The van der Waals surface area contributed by atoms with Gasteiger partial charge in [-0.25, -0.2) is 9.97 Å². The Labute approximate surface area is 179 Å². The Balaban J connectivity index is 1.55. The van der Waals surface area contributed by atoms with Gasteiger partial charge in [-0.1, -0.05) is 32.0 Å². The van der Waals surface area contributed by atoms with Gasteiger partial charge in [0.1, 0.15) is 17.4 Å². The van der Waals surface area contributed by atoms with Crippen LogP contribution in [0.1, 0.15) is 43.8 Å². The van der Waals surface area contributed by atoms with Crippen LogP contribution in [-0.4, -0.2) is 60.1 Å². The Morgan fingerprint density at radius 3 is 2.50 bits per heavy atom. The molecule has 1 N–H and O–H groups in total. The lowest BCUT2D eigenvalue weighted by molar-refractivity contribution is -0.126. The van der Waals surface area contributed by atoms with Gasteiger partial charge >= 0.3 is 0 Å². The first-order chi connectivity index (χ1) is 14.4. The number of aromatic nitrogens is 2. The third-order valence-corrected chi connectivity index (χ3v) is 5.59. The number of hydrogen-bond donors (Lipinski definition) is 1. The summed E-state index contributed by atoms with van der Waals surface area (Å²) >= 11 is 0. The molecule has 0 radical (unpaired) electrons. The Bertz CT molecular complexity index is 862. The number of rotatable bonds is 7. The summed E-state index contributed by atoms with van der Waals surface area (Å²) in [7, 11) is 1.64. The van der Waals surface area contributed by atoms with Gasteiger partial charge in [0.2, 0.25) is 5.91 Å². The van der Waals surface area contributed by atoms with E-state index in [1.54, 1.807) is 7.11 Å². The summed E-state index contributed by atoms with van der Waals surface area (Å²) < 4.78 is 5.36. The van der Waals surface area contributed by atoms with Crippen LogP contribution < -0.4 is 15.0 Å². The molecular formula is C23H33N5O2. The largest absolute Gasteiger partial charge is 0.496 e. The summed E-state index contributed by atoms with van der Waals surface area (Å²) in [6.45, 7) is 12.0. The highest BCUT2D eigenvalue weighted by molar-refractivity contribution is 5.81. The fourth-order valence-electron chi connectivity index (χ4n) is 3.68. The Hall–Kier alpha value is -2.67. The first-order valence-electron chi connectivity index (χ1n) is 10.6. The molecule has 1 aliphatic rings. The number of nitrogens with zero attached hydrogens (tertiary/aromatic N) is 4. The van der Waals surface area contributed by atoms with E-state index in [0.29, 0.717) is 12.5 Å². The van der Waals surface area contributed by atoms with E-state index in [1.165, 1.54) is 0 Å². The number of aryl methyl sites for hydroxylation is 1. The summed E-state index contributed by atoms with van der Waals surface area (Å²) in [5.74, 6) is 3.00. The first-order valence-corrected chi connectivity index (χ1v) is 10.6. The van der Waals surface area contributed by atoms with Crippen LogP contribution in [0.15, 0.2) is 30.3 Å². The molecule has 1 fully saturated rings. The van der Waals surface area contributed by atoms with Gasteiger partial charge in [-0.15, -0.1) is 0 Å². The van der Waals surface area contributed by atoms with E-state index in [2.05, 4.69) is 33.9 Å². The van der Waals surface area contributed by atoms with E-state index >= 15 is 0 Å². The van der Waals surface area contributed by atoms with Crippen molar-refractivity contribution in [2.24, 2.45) is 0 Å². The molecule has 1 amide bonds. The molecule has 1 aromatic carbocycles. The van der Waals surface area contributed by atoms with E-state index in [-0.39, 0.29) is 11.9 Å². The SMILES string of the molecule is COc1ccccc1CNC(=O)C(C)N1CCN(c2cc(C)nc(C(C)C)n2)CC1. The number of anilines is 1. The summed E-state index contributed by atoms with van der Waals surface area (Å²) in [4.78, 5) is 26.5. The normalized spacial score (nSPS) is 15.9. The van der Waals surface area contributed by atoms with Crippen LogP contribution in [0.4, 0.5) is 5.82 Å². The fraction of sp³-hybridized carbons (Fsp3) is 0.522. The van der Waals surface area contributed by atoms with Crippen LogP contribution >= 0.6 is 0 Å². The van der Waals surface area contributed by atoms with Gasteiger partial charge in [0, 0.05) is 56.0 Å². The van der Waals surface area contributed by atoms with Gasteiger partial charge in [-0.2, -0.15) is 0 Å². The highest BCUT2D eigenvalue weighted by Gasteiger charge is 2.26. The van der Waals surface area contributed by atoms with Crippen LogP contribution in [0.25, 0.3) is 0 Å². The molecule has 7 heteroatoms. The molecule has 1 unspecified atom stereocenters. The predicted octanol–water partition coefficient (Wildman–Crippen LogP) is 2.74. The topological polar surface area (TPSA) is 70.6 Å². The van der Waals surface area contributed by atoms with Crippen molar-refractivity contribution >= 4 is 11.7 Å². The van der Waals surface area contributed by atoms with Crippen molar-refractivity contribution in [1.29, 1.82) is 0 Å². The van der Waals surface area contributed by atoms with Gasteiger partial charge in [0.05, 0.1) is 13.2 Å². The molecule has 1 aliphatic heterocycles. The average molecular weight is 412 g/mol. The Morgan fingerprint density at radius 2 is 1.83 bits per heavy atom. The highest BCUT2D eigenvalue weighted by atomic mass is 16.5. The van der Waals surface area contributed by atoms with Gasteiger partial charge in [-0.3, -0.25) is 9.69 Å². The number of piperazine rings is 1. The predicted molar refractivity (Wildman–Crippen MR) is 119 cm³/mol. The number of benzene rings is 1. The summed E-state index contributed by atoms with van der Waals surface area (Å²) in [5.41, 5.74) is 1.97. The molecule has 0 bridgehead atoms. The summed E-state index contributed by atoms with van der Waals surface area (Å²) in [5, 5.41) is 3.05. The zero-order valence-electron chi connectivity index (χ0n) is 18.7. The zero-order valence-corrected chi connectivity index (χ0v) is 18.7. The Kier molecular flexibility index (Phi) is 7.26. The second kappa shape index (κ2) is 9.89. The number of carbonyl (C=O) groups is 1. The van der Waals surface area contributed by atoms with Gasteiger partial charge in [0.15, 0.2) is 0 Å². The number of carbonyl (C=O) groups excluding carboxylic acids is 1. The van der Waals surface area contributed by atoms with Crippen LogP contribution in [0.5, 0.6) is 5.75 Å². The molecule has 0 spiro atoms. The van der Waals surface area contributed by atoms with Crippen molar-refractivity contribution in [3.8, 4) is 5.75 Å². The van der Waals surface area contributed by atoms with E-state index in [0.717, 1.165) is 54.8 Å². The smallest absolute Gasteiger partial charge is 0.237 e. The lowest BCUT2D eigenvalue weighted by atomic mass is 10.1. The molecule has 30 heavy (non-hydrogen) atoms. The van der Waals surface area contributed by atoms with Crippen molar-refractivity contribution in [1.82, 2.24) is 20.2 Å². The molecule has 2 heterocycles. The molecule has 2 aromatic rings. The lowest BCUT2D eigenvalue weighted by Crippen LogP contribution is -2.54. The molecule has 0 aliphatic carbocycles. The van der Waals surface area contributed by atoms with Gasteiger partial charge in [0.25, 0.3) is 0 Å². The maximum absolute atomic E-state index is 12.7. The third kappa shape index (κ3) is 5.27. The van der Waals surface area contributed by atoms with E-state index in [1.807, 2.05) is 44.2 Å². The second-order valence-electron chi connectivity index (χ2n) is 8.11. The molecule has 0 saturated carbocycles. The zero-order chi connectivity index (χ0) is 21.7. The minimum Gasteiger partial charge on any atom is -0.496 e. The number of methoxy groups -OCH3 is 1. The standard InChI is InChI=1S/C23H33N5O2/c1-16(2)22-25-17(3)14-21(26-22)28-12-10-27(11-13-28)18(4)23(29)24-15-19-8-6-7-9-20(19)30-5/h6-9,14,16,18H,10-13,15H2,1-5H3,(H,24,29). The van der Waals surface area contributed by atoms with Crippen LogP contribution in [0.3, 0.4) is 0 Å². The van der Waals surface area contributed by atoms with Crippen molar-refractivity contribution < 1.29 is 9.53 Å². The molecule has 1 aromatic heterocycles. The first kappa shape index (κ1) is 22.0. The highest BCUT2D eigenvalue weighted by Crippen LogP contribution is 2.20. The number of amides is 1. The molecule has 3 rings (SSSR count). The molecule has 7 nitrogen and oxygen atoms in total. The monoisotopic (exact) mass is 411 g/mol. The van der Waals surface area contributed by atoms with E-state index < -0.39 is 0 Å². The van der Waals surface area contributed by atoms with E-state index in [4.69, 9.17) is 9.72 Å². The van der Waals surface area contributed by atoms with Crippen LogP contribution in [0, 0.1) is 6.92 Å². The summed E-state index contributed by atoms with van der Waals surface area (Å²) in [6.07, 6.45) is 0. The minimum absolute atomic E-state index is 0.0364. The number of hydrogen-bond acceptors (Lipinski definition) is 6. The Morgan fingerprint density at radius 1 is 1.13 bits per heavy atom.